The molecule has 0 bridgehead atoms. The summed E-state index contributed by atoms with van der Waals surface area (Å²) in [7, 11) is 0. The summed E-state index contributed by atoms with van der Waals surface area (Å²) >= 11 is 5.81. The summed E-state index contributed by atoms with van der Waals surface area (Å²) in [6, 6.07) is 3.70. The van der Waals surface area contributed by atoms with Crippen LogP contribution in [-0.2, 0) is 4.74 Å². The molecule has 1 amide bonds. The number of carbonyl (C=O) groups excluding carboxylic acids is 2. The van der Waals surface area contributed by atoms with E-state index in [2.05, 4.69) is 22.2 Å². The second kappa shape index (κ2) is 8.26. The molecule has 1 atom stereocenters. The fourth-order valence-electron chi connectivity index (χ4n) is 1.91. The molecule has 1 aliphatic heterocycles. The minimum Gasteiger partial charge on any atom is -0.445 e. The molecule has 0 spiro atoms. The first kappa shape index (κ1) is 17.7. The molecule has 0 fully saturated rings. The molecule has 2 N–H and O–H groups in total. The van der Waals surface area contributed by atoms with Crippen molar-refractivity contribution in [2.45, 2.75) is 12.0 Å². The van der Waals surface area contributed by atoms with Gasteiger partial charge in [0.05, 0.1) is 12.1 Å². The molecule has 0 saturated carbocycles. The standard InChI is InChI=1S/C16H15ClFN3O3/c1-2-7-24-16(23)21-13-8-10(3-4-12(13)18)14(22)9-11-5-6-19-15(17)20-11/h2-6,8,15,20H,1,7,9H2,(H,21,23). The van der Waals surface area contributed by atoms with Gasteiger partial charge in [0, 0.05) is 17.5 Å². The third-order valence-electron chi connectivity index (χ3n) is 3.01. The third kappa shape index (κ3) is 4.92. The van der Waals surface area contributed by atoms with Crippen molar-refractivity contribution in [3.05, 3.63) is 54.0 Å². The van der Waals surface area contributed by atoms with Crippen LogP contribution in [-0.4, -0.2) is 30.3 Å². The van der Waals surface area contributed by atoms with Gasteiger partial charge in [0.2, 0.25) is 0 Å². The third-order valence-corrected chi connectivity index (χ3v) is 3.23. The van der Waals surface area contributed by atoms with E-state index in [1.54, 1.807) is 6.08 Å². The van der Waals surface area contributed by atoms with Gasteiger partial charge < -0.3 is 10.1 Å². The van der Waals surface area contributed by atoms with Crippen LogP contribution in [0.1, 0.15) is 16.8 Å². The average molecular weight is 352 g/mol. The second-order valence-electron chi connectivity index (χ2n) is 4.78. The number of carbonyl (C=O) groups is 2. The number of anilines is 1. The van der Waals surface area contributed by atoms with Gasteiger partial charge >= 0.3 is 6.09 Å². The molecule has 2 rings (SSSR count). The van der Waals surface area contributed by atoms with Gasteiger partial charge in [-0.1, -0.05) is 24.3 Å². The van der Waals surface area contributed by atoms with Gasteiger partial charge in [0.25, 0.3) is 0 Å². The first-order valence-electron chi connectivity index (χ1n) is 7.00. The van der Waals surface area contributed by atoms with Crippen molar-refractivity contribution >= 4 is 35.4 Å². The van der Waals surface area contributed by atoms with E-state index in [0.717, 1.165) is 6.07 Å². The van der Waals surface area contributed by atoms with Gasteiger partial charge in [0.15, 0.2) is 11.4 Å². The number of ketones is 1. The Labute approximate surface area is 143 Å². The molecule has 0 aromatic heterocycles. The van der Waals surface area contributed by atoms with Gasteiger partial charge in [-0.15, -0.1) is 0 Å². The number of amides is 1. The quantitative estimate of drug-likeness (QED) is 0.357. The van der Waals surface area contributed by atoms with Crippen molar-refractivity contribution in [2.24, 2.45) is 4.99 Å². The summed E-state index contributed by atoms with van der Waals surface area (Å²) < 4.78 is 18.5. The monoisotopic (exact) mass is 351 g/mol. The largest absolute Gasteiger partial charge is 0.445 e. The lowest BCUT2D eigenvalue weighted by atomic mass is 10.1. The summed E-state index contributed by atoms with van der Waals surface area (Å²) in [6.07, 6.45) is 3.72. The number of aliphatic imine (C=N–C) groups is 1. The summed E-state index contributed by atoms with van der Waals surface area (Å²) in [4.78, 5) is 27.6. The number of halogens is 2. The average Bonchev–Trinajstić information content (AvgIpc) is 2.55. The summed E-state index contributed by atoms with van der Waals surface area (Å²) in [5.74, 6) is -0.944. The number of hydrogen-bond donors (Lipinski definition) is 2. The number of nitrogens with one attached hydrogen (secondary N) is 2. The number of nitrogens with zero attached hydrogens (tertiary/aromatic N) is 1. The predicted octanol–water partition coefficient (Wildman–Crippen LogP) is 3.21. The fraction of sp³-hybridized carbons (Fsp3) is 0.188. The fourth-order valence-corrected chi connectivity index (χ4v) is 2.11. The highest BCUT2D eigenvalue weighted by Crippen LogP contribution is 2.19. The Kier molecular flexibility index (Phi) is 6.08. The maximum absolute atomic E-state index is 13.8. The lowest BCUT2D eigenvalue weighted by molar-refractivity contribution is 0.0991. The number of allylic oxidation sites excluding steroid dienone is 2. The van der Waals surface area contributed by atoms with Crippen molar-refractivity contribution in [3.8, 4) is 0 Å². The first-order chi connectivity index (χ1) is 11.5. The van der Waals surface area contributed by atoms with Crippen molar-refractivity contribution < 1.29 is 18.7 Å². The Bertz CT molecular complexity index is 719. The van der Waals surface area contributed by atoms with Crippen LogP contribution in [0, 0.1) is 5.82 Å². The summed E-state index contributed by atoms with van der Waals surface area (Å²) in [5.41, 5.74) is 0.0751. The molecular weight excluding hydrogens is 337 g/mol. The van der Waals surface area contributed by atoms with E-state index in [-0.39, 0.29) is 30.1 Å². The van der Waals surface area contributed by atoms with Gasteiger partial charge in [-0.2, -0.15) is 0 Å². The van der Waals surface area contributed by atoms with Crippen molar-refractivity contribution in [1.82, 2.24) is 5.32 Å². The van der Waals surface area contributed by atoms with Crippen molar-refractivity contribution in [2.75, 3.05) is 11.9 Å². The molecule has 126 valence electrons. The number of benzene rings is 1. The van der Waals surface area contributed by atoms with E-state index in [1.165, 1.54) is 24.4 Å². The lowest BCUT2D eigenvalue weighted by Gasteiger charge is -2.15. The van der Waals surface area contributed by atoms with Crippen LogP contribution in [0.2, 0.25) is 0 Å². The van der Waals surface area contributed by atoms with Crippen LogP contribution in [0.15, 0.2) is 47.6 Å². The lowest BCUT2D eigenvalue weighted by Crippen LogP contribution is -2.26. The molecule has 1 unspecified atom stereocenters. The van der Waals surface area contributed by atoms with E-state index in [4.69, 9.17) is 16.3 Å². The molecule has 1 aromatic carbocycles. The van der Waals surface area contributed by atoms with Gasteiger partial charge in [-0.25, -0.2) is 9.18 Å². The molecule has 0 saturated heterocycles. The molecule has 0 radical (unpaired) electrons. The normalized spacial score (nSPS) is 15.9. The Hall–Kier alpha value is -2.67. The smallest absolute Gasteiger partial charge is 0.412 e. The number of rotatable bonds is 6. The van der Waals surface area contributed by atoms with E-state index in [0.29, 0.717) is 5.70 Å². The molecular formula is C16H15ClFN3O3. The SMILES string of the molecule is C=CCOC(=O)Nc1cc(C(=O)CC2=CC=NC(Cl)N2)ccc1F. The molecule has 1 aromatic rings. The zero-order chi connectivity index (χ0) is 17.5. The Morgan fingerprint density at radius 2 is 2.29 bits per heavy atom. The second-order valence-corrected chi connectivity index (χ2v) is 5.19. The number of hydrogen-bond acceptors (Lipinski definition) is 5. The molecule has 8 heteroatoms. The maximum atomic E-state index is 13.8. The highest BCUT2D eigenvalue weighted by molar-refractivity contribution is 6.21. The van der Waals surface area contributed by atoms with E-state index in [9.17, 15) is 14.0 Å². The number of alkyl halides is 1. The minimum atomic E-state index is -0.837. The van der Waals surface area contributed by atoms with Gasteiger partial charge in [0.1, 0.15) is 12.4 Å². The molecule has 24 heavy (non-hydrogen) atoms. The van der Waals surface area contributed by atoms with Crippen LogP contribution in [0.25, 0.3) is 0 Å². The molecule has 1 heterocycles. The Morgan fingerprint density at radius 3 is 3.00 bits per heavy atom. The summed E-state index contributed by atoms with van der Waals surface area (Å²) in [5, 5.41) is 5.08. The maximum Gasteiger partial charge on any atom is 0.412 e. The Morgan fingerprint density at radius 1 is 1.50 bits per heavy atom. The minimum absolute atomic E-state index is 0.00690. The van der Waals surface area contributed by atoms with Gasteiger partial charge in [-0.05, 0) is 24.3 Å². The van der Waals surface area contributed by atoms with Crippen LogP contribution in [0.5, 0.6) is 0 Å². The van der Waals surface area contributed by atoms with Crippen LogP contribution < -0.4 is 10.6 Å². The first-order valence-corrected chi connectivity index (χ1v) is 7.43. The zero-order valence-electron chi connectivity index (χ0n) is 12.6. The van der Waals surface area contributed by atoms with Gasteiger partial charge in [-0.3, -0.25) is 15.1 Å². The highest BCUT2D eigenvalue weighted by atomic mass is 35.5. The van der Waals surface area contributed by atoms with Crippen LogP contribution >= 0.6 is 11.6 Å². The number of ether oxygens (including phenoxy) is 1. The highest BCUT2D eigenvalue weighted by Gasteiger charge is 2.16. The van der Waals surface area contributed by atoms with E-state index >= 15 is 0 Å². The molecule has 1 aliphatic rings. The van der Waals surface area contributed by atoms with Crippen LogP contribution in [0.3, 0.4) is 0 Å². The summed E-state index contributed by atoms with van der Waals surface area (Å²) in [6.45, 7) is 3.39. The van der Waals surface area contributed by atoms with Crippen molar-refractivity contribution in [3.63, 3.8) is 0 Å². The van der Waals surface area contributed by atoms with E-state index in [1.807, 2.05) is 0 Å². The topological polar surface area (TPSA) is 79.8 Å². The Balaban J connectivity index is 2.07. The van der Waals surface area contributed by atoms with E-state index < -0.39 is 17.5 Å². The predicted molar refractivity (Wildman–Crippen MR) is 89.9 cm³/mol. The van der Waals surface area contributed by atoms with Crippen molar-refractivity contribution in [1.29, 1.82) is 0 Å². The molecule has 6 nitrogen and oxygen atoms in total. The van der Waals surface area contributed by atoms with Crippen LogP contribution in [0.4, 0.5) is 14.9 Å². The number of Topliss-reactive ketones (excluding diaryl/α,β-unsaturated/α-hetero) is 1. The zero-order valence-corrected chi connectivity index (χ0v) is 13.3. The molecule has 0 aliphatic carbocycles.